The lowest BCUT2D eigenvalue weighted by atomic mass is 10.2. The number of methoxy groups -OCH3 is 1. The highest BCUT2D eigenvalue weighted by Crippen LogP contribution is 2.13. The largest absolute Gasteiger partial charge is 0.494 e. The normalized spacial score (nSPS) is 9.40. The van der Waals surface area contributed by atoms with Crippen LogP contribution in [0.5, 0.6) is 5.75 Å². The summed E-state index contributed by atoms with van der Waals surface area (Å²) in [5.74, 6) is 1.97. The fourth-order valence-corrected chi connectivity index (χ4v) is 1.49. The Morgan fingerprint density at radius 3 is 2.90 bits per heavy atom. The molecule has 0 fully saturated rings. The van der Waals surface area contributed by atoms with Crippen LogP contribution in [-0.4, -0.2) is 25.6 Å². The van der Waals surface area contributed by atoms with Crippen LogP contribution in [0.3, 0.4) is 0 Å². The van der Waals surface area contributed by atoms with E-state index in [-0.39, 0.29) is 5.97 Å². The van der Waals surface area contributed by atoms with Gasteiger partial charge in [-0.1, -0.05) is 12.1 Å². The lowest BCUT2D eigenvalue weighted by Crippen LogP contribution is -2.20. The average molecular weight is 275 g/mol. The van der Waals surface area contributed by atoms with Crippen LogP contribution in [0.4, 0.5) is 0 Å². The molecule has 0 saturated heterocycles. The molecule has 0 aliphatic carbocycles. The van der Waals surface area contributed by atoms with Gasteiger partial charge in [-0.2, -0.15) is 0 Å². The maximum Gasteiger partial charge on any atom is 0.305 e. The van der Waals surface area contributed by atoms with Gasteiger partial charge in [0.15, 0.2) is 0 Å². The van der Waals surface area contributed by atoms with Crippen molar-refractivity contribution in [2.45, 2.75) is 19.4 Å². The summed E-state index contributed by atoms with van der Waals surface area (Å²) < 4.78 is 10.0. The molecule has 5 nitrogen and oxygen atoms in total. The summed E-state index contributed by atoms with van der Waals surface area (Å²) in [6, 6.07) is 7.31. The maximum absolute atomic E-state index is 11.0. The van der Waals surface area contributed by atoms with E-state index >= 15 is 0 Å². The molecular weight excluding hydrogens is 258 g/mol. The fourth-order valence-electron chi connectivity index (χ4n) is 1.49. The third-order valence-electron chi connectivity index (χ3n) is 2.50. The van der Waals surface area contributed by atoms with Gasteiger partial charge in [0.2, 0.25) is 0 Å². The van der Waals surface area contributed by atoms with Crippen molar-refractivity contribution < 1.29 is 19.1 Å². The Hall–Kier alpha value is -2.48. The first-order valence-corrected chi connectivity index (χ1v) is 6.18. The molecule has 0 spiro atoms. The van der Waals surface area contributed by atoms with Crippen molar-refractivity contribution in [1.82, 2.24) is 5.32 Å². The highest BCUT2D eigenvalue weighted by atomic mass is 16.5. The molecule has 20 heavy (non-hydrogen) atoms. The number of ether oxygens (including phenoxy) is 2. The number of terminal acetylenes is 1. The number of benzene rings is 1. The number of hydrogen-bond donors (Lipinski definition) is 1. The van der Waals surface area contributed by atoms with Crippen LogP contribution in [-0.2, 0) is 20.9 Å². The number of amides is 1. The molecule has 1 aromatic carbocycles. The van der Waals surface area contributed by atoms with Crippen molar-refractivity contribution in [2.75, 3.05) is 13.7 Å². The summed E-state index contributed by atoms with van der Waals surface area (Å²) in [6.07, 6.45) is 5.87. The van der Waals surface area contributed by atoms with Gasteiger partial charge in [-0.15, -0.1) is 6.42 Å². The Bertz CT molecular complexity index is 505. The van der Waals surface area contributed by atoms with E-state index in [0.29, 0.717) is 31.7 Å². The lowest BCUT2D eigenvalue weighted by Gasteiger charge is -2.08. The number of carbonyl (C=O) groups is 2. The molecule has 0 aliphatic rings. The number of carbonyl (C=O) groups excluding carboxylic acids is 2. The van der Waals surface area contributed by atoms with Crippen LogP contribution >= 0.6 is 0 Å². The molecule has 0 unspecified atom stereocenters. The Labute approximate surface area is 118 Å². The number of nitrogens with one attached hydrogen (secondary N) is 1. The predicted molar refractivity (Wildman–Crippen MR) is 73.9 cm³/mol. The van der Waals surface area contributed by atoms with Crippen molar-refractivity contribution >= 4 is 11.9 Å². The second kappa shape index (κ2) is 8.59. The van der Waals surface area contributed by atoms with Gasteiger partial charge in [0.1, 0.15) is 5.75 Å². The first kappa shape index (κ1) is 15.6. The third-order valence-corrected chi connectivity index (χ3v) is 2.50. The Morgan fingerprint density at radius 1 is 1.40 bits per heavy atom. The monoisotopic (exact) mass is 275 g/mol. The quantitative estimate of drug-likeness (QED) is 0.462. The first-order chi connectivity index (χ1) is 9.65. The van der Waals surface area contributed by atoms with Crippen LogP contribution in [0, 0.1) is 12.3 Å². The summed E-state index contributed by atoms with van der Waals surface area (Å²) in [5.41, 5.74) is 0.888. The molecule has 0 atom stereocenters. The zero-order valence-electron chi connectivity index (χ0n) is 11.3. The average Bonchev–Trinajstić information content (AvgIpc) is 2.49. The highest BCUT2D eigenvalue weighted by Gasteiger charge is 2.02. The van der Waals surface area contributed by atoms with Crippen molar-refractivity contribution in [3.8, 4) is 18.1 Å². The van der Waals surface area contributed by atoms with Gasteiger partial charge < -0.3 is 14.8 Å². The number of rotatable bonds is 7. The zero-order valence-corrected chi connectivity index (χ0v) is 11.3. The van der Waals surface area contributed by atoms with E-state index in [0.717, 1.165) is 5.56 Å². The molecule has 1 N–H and O–H groups in total. The summed E-state index contributed by atoms with van der Waals surface area (Å²) in [4.78, 5) is 21.9. The second-order valence-electron chi connectivity index (χ2n) is 4.00. The maximum atomic E-state index is 11.0. The number of hydrogen-bond acceptors (Lipinski definition) is 4. The topological polar surface area (TPSA) is 64.6 Å². The Kier molecular flexibility index (Phi) is 6.69. The second-order valence-corrected chi connectivity index (χ2v) is 4.00. The zero-order chi connectivity index (χ0) is 14.8. The van der Waals surface area contributed by atoms with Gasteiger partial charge in [0.05, 0.1) is 13.7 Å². The molecule has 0 aliphatic heterocycles. The molecule has 1 amide bonds. The smallest absolute Gasteiger partial charge is 0.305 e. The van der Waals surface area contributed by atoms with Gasteiger partial charge >= 0.3 is 5.97 Å². The van der Waals surface area contributed by atoms with Crippen LogP contribution in [0.2, 0.25) is 0 Å². The third kappa shape index (κ3) is 5.91. The van der Waals surface area contributed by atoms with Crippen molar-refractivity contribution in [3.05, 3.63) is 29.8 Å². The summed E-state index contributed by atoms with van der Waals surface area (Å²) in [6.45, 7) is 0.775. The van der Waals surface area contributed by atoms with Crippen LogP contribution in [0.1, 0.15) is 18.4 Å². The van der Waals surface area contributed by atoms with Crippen LogP contribution in [0.25, 0.3) is 0 Å². The minimum absolute atomic E-state index is 0.251. The molecule has 106 valence electrons. The van der Waals surface area contributed by atoms with E-state index in [9.17, 15) is 9.59 Å². The van der Waals surface area contributed by atoms with Crippen molar-refractivity contribution in [3.63, 3.8) is 0 Å². The van der Waals surface area contributed by atoms with E-state index in [1.807, 2.05) is 30.2 Å². The van der Waals surface area contributed by atoms with E-state index in [1.54, 1.807) is 0 Å². The van der Waals surface area contributed by atoms with Crippen LogP contribution in [0.15, 0.2) is 24.3 Å². The minimum atomic E-state index is -0.450. The van der Waals surface area contributed by atoms with Gasteiger partial charge in [0.25, 0.3) is 5.91 Å². The SMILES string of the molecule is C#CC(=O)NCc1cccc(OCCCC(=O)OC)c1. The molecule has 5 heteroatoms. The standard InChI is InChI=1S/C15H17NO4/c1-3-14(17)16-11-12-6-4-7-13(10-12)20-9-5-8-15(18)19-2/h1,4,6-7,10H,5,8-9,11H2,2H3,(H,16,17). The summed E-state index contributed by atoms with van der Waals surface area (Å²) >= 11 is 0. The molecular formula is C15H17NO4. The molecule has 0 aromatic heterocycles. The highest BCUT2D eigenvalue weighted by molar-refractivity contribution is 5.92. The molecule has 1 rings (SSSR count). The summed E-state index contributed by atoms with van der Waals surface area (Å²) in [5, 5.41) is 2.57. The van der Waals surface area contributed by atoms with Crippen molar-refractivity contribution in [1.29, 1.82) is 0 Å². The predicted octanol–water partition coefficient (Wildman–Crippen LogP) is 1.27. The molecule has 0 saturated carbocycles. The Morgan fingerprint density at radius 2 is 2.20 bits per heavy atom. The number of esters is 1. The van der Waals surface area contributed by atoms with Gasteiger partial charge in [0, 0.05) is 13.0 Å². The first-order valence-electron chi connectivity index (χ1n) is 6.18. The fraction of sp³-hybridized carbons (Fsp3) is 0.333. The molecule has 0 heterocycles. The van der Waals surface area contributed by atoms with Gasteiger partial charge in [-0.3, -0.25) is 9.59 Å². The van der Waals surface area contributed by atoms with Gasteiger partial charge in [-0.05, 0) is 30.0 Å². The summed E-state index contributed by atoms with van der Waals surface area (Å²) in [7, 11) is 1.36. The van der Waals surface area contributed by atoms with Crippen LogP contribution < -0.4 is 10.1 Å². The minimum Gasteiger partial charge on any atom is -0.494 e. The lowest BCUT2D eigenvalue weighted by molar-refractivity contribution is -0.140. The van der Waals surface area contributed by atoms with Gasteiger partial charge in [-0.25, -0.2) is 0 Å². The molecule has 0 bridgehead atoms. The van der Waals surface area contributed by atoms with E-state index in [4.69, 9.17) is 11.2 Å². The van der Waals surface area contributed by atoms with E-state index in [1.165, 1.54) is 7.11 Å². The Balaban J connectivity index is 2.38. The van der Waals surface area contributed by atoms with E-state index < -0.39 is 5.91 Å². The van der Waals surface area contributed by atoms with E-state index in [2.05, 4.69) is 10.1 Å². The van der Waals surface area contributed by atoms with Crippen molar-refractivity contribution in [2.24, 2.45) is 0 Å². The molecule has 0 radical (unpaired) electrons. The molecule has 1 aromatic rings.